The molecule has 24 heavy (non-hydrogen) atoms. The van der Waals surface area contributed by atoms with Crippen LogP contribution in [0.25, 0.3) is 0 Å². The van der Waals surface area contributed by atoms with Gasteiger partial charge in [0.2, 0.25) is 0 Å². The van der Waals surface area contributed by atoms with E-state index in [1.165, 1.54) is 0 Å². The van der Waals surface area contributed by atoms with Crippen LogP contribution in [-0.2, 0) is 4.74 Å². The summed E-state index contributed by atoms with van der Waals surface area (Å²) in [7, 11) is 0. The van der Waals surface area contributed by atoms with Crippen molar-refractivity contribution in [2.24, 2.45) is 0 Å². The molecule has 2 heterocycles. The molecular weight excluding hydrogens is 306 g/mol. The zero-order valence-electron chi connectivity index (χ0n) is 15.8. The summed E-state index contributed by atoms with van der Waals surface area (Å²) in [6.45, 7) is 12.2. The van der Waals surface area contributed by atoms with Crippen LogP contribution in [0.15, 0.2) is 0 Å². The second-order valence-corrected chi connectivity index (χ2v) is 7.33. The van der Waals surface area contributed by atoms with E-state index >= 15 is 0 Å². The standard InChI is InChI=1S/C16H27N3O3.C2H6/c1-15(2,3)22-14(21)18-10-6-16(12-17,7-11-18)19-8-4-13(20)5-9-19;1-2/h13,20H,4-11H2,1-3H3;1-2H3. The zero-order valence-corrected chi connectivity index (χ0v) is 15.8. The molecule has 138 valence electrons. The number of carbonyl (C=O) groups is 1. The van der Waals surface area contributed by atoms with Crippen LogP contribution in [0.1, 0.15) is 60.3 Å². The summed E-state index contributed by atoms with van der Waals surface area (Å²) in [5.41, 5.74) is -0.998. The first-order chi connectivity index (χ1) is 11.3. The number of hydrogen-bond acceptors (Lipinski definition) is 5. The summed E-state index contributed by atoms with van der Waals surface area (Å²) in [6, 6.07) is 2.48. The van der Waals surface area contributed by atoms with Crippen molar-refractivity contribution >= 4 is 6.09 Å². The van der Waals surface area contributed by atoms with Crippen LogP contribution in [0.3, 0.4) is 0 Å². The quantitative estimate of drug-likeness (QED) is 0.795. The first kappa shape index (κ1) is 20.7. The van der Waals surface area contributed by atoms with Gasteiger partial charge in [-0.3, -0.25) is 4.90 Å². The Labute approximate surface area is 146 Å². The zero-order chi connectivity index (χ0) is 18.4. The van der Waals surface area contributed by atoms with Gasteiger partial charge < -0.3 is 14.7 Å². The Morgan fingerprint density at radius 3 is 2.08 bits per heavy atom. The van der Waals surface area contributed by atoms with Gasteiger partial charge in [-0.05, 0) is 46.5 Å². The summed E-state index contributed by atoms with van der Waals surface area (Å²) in [4.78, 5) is 16.0. The van der Waals surface area contributed by atoms with Gasteiger partial charge in [-0.25, -0.2) is 4.79 Å². The summed E-state index contributed by atoms with van der Waals surface area (Å²) in [6.07, 6.45) is 2.18. The molecule has 0 aliphatic carbocycles. The monoisotopic (exact) mass is 339 g/mol. The maximum Gasteiger partial charge on any atom is 0.410 e. The van der Waals surface area contributed by atoms with Crippen molar-refractivity contribution in [3.8, 4) is 6.07 Å². The molecule has 0 aromatic heterocycles. The number of nitrogens with zero attached hydrogens (tertiary/aromatic N) is 3. The van der Waals surface area contributed by atoms with Crippen LogP contribution < -0.4 is 0 Å². The Morgan fingerprint density at radius 2 is 1.67 bits per heavy atom. The van der Waals surface area contributed by atoms with Gasteiger partial charge in [0.1, 0.15) is 11.1 Å². The highest BCUT2D eigenvalue weighted by molar-refractivity contribution is 5.68. The van der Waals surface area contributed by atoms with E-state index in [1.54, 1.807) is 4.90 Å². The molecule has 0 aromatic rings. The molecule has 6 nitrogen and oxygen atoms in total. The van der Waals surface area contributed by atoms with Gasteiger partial charge in [0.15, 0.2) is 0 Å². The molecule has 0 aromatic carbocycles. The number of piperidine rings is 2. The lowest BCUT2D eigenvalue weighted by atomic mass is 9.85. The summed E-state index contributed by atoms with van der Waals surface area (Å²) in [5.74, 6) is 0. The summed E-state index contributed by atoms with van der Waals surface area (Å²) in [5, 5.41) is 19.3. The van der Waals surface area contributed by atoms with Gasteiger partial charge in [0.05, 0.1) is 12.2 Å². The Morgan fingerprint density at radius 1 is 1.17 bits per heavy atom. The third-order valence-corrected chi connectivity index (χ3v) is 4.52. The Hall–Kier alpha value is -1.32. The SMILES string of the molecule is CC.CC(C)(C)OC(=O)N1CCC(C#N)(N2CCC(O)CC2)CC1. The number of rotatable bonds is 1. The lowest BCUT2D eigenvalue weighted by Gasteiger charge is -2.46. The van der Waals surface area contributed by atoms with E-state index in [1.807, 2.05) is 34.6 Å². The minimum absolute atomic E-state index is 0.242. The third-order valence-electron chi connectivity index (χ3n) is 4.52. The molecule has 0 bridgehead atoms. The van der Waals surface area contributed by atoms with Gasteiger partial charge in [-0.15, -0.1) is 0 Å². The van der Waals surface area contributed by atoms with Crippen molar-refractivity contribution in [3.63, 3.8) is 0 Å². The normalized spacial score (nSPS) is 22.1. The number of aliphatic hydroxyl groups is 1. The molecule has 2 rings (SSSR count). The van der Waals surface area contributed by atoms with Crippen molar-refractivity contribution in [2.45, 2.75) is 77.5 Å². The van der Waals surface area contributed by atoms with E-state index in [2.05, 4.69) is 11.0 Å². The van der Waals surface area contributed by atoms with E-state index < -0.39 is 11.1 Å². The van der Waals surface area contributed by atoms with Gasteiger partial charge in [0.25, 0.3) is 0 Å². The van der Waals surface area contributed by atoms with Crippen LogP contribution in [0.2, 0.25) is 0 Å². The number of hydrogen-bond donors (Lipinski definition) is 1. The molecule has 0 atom stereocenters. The third kappa shape index (κ3) is 5.35. The fourth-order valence-corrected chi connectivity index (χ4v) is 3.18. The topological polar surface area (TPSA) is 76.8 Å². The maximum absolute atomic E-state index is 12.1. The maximum atomic E-state index is 12.1. The van der Waals surface area contributed by atoms with Crippen molar-refractivity contribution < 1.29 is 14.6 Å². The number of amides is 1. The second-order valence-electron chi connectivity index (χ2n) is 7.33. The first-order valence-electron chi connectivity index (χ1n) is 9.08. The number of aliphatic hydroxyl groups excluding tert-OH is 1. The average Bonchev–Trinajstić information content (AvgIpc) is 2.56. The summed E-state index contributed by atoms with van der Waals surface area (Å²) >= 11 is 0. The van der Waals surface area contributed by atoms with E-state index in [9.17, 15) is 15.2 Å². The van der Waals surface area contributed by atoms with Gasteiger partial charge >= 0.3 is 6.09 Å². The molecule has 0 unspecified atom stereocenters. The molecular formula is C18H33N3O3. The van der Waals surface area contributed by atoms with Crippen LogP contribution in [0, 0.1) is 11.3 Å². The summed E-state index contributed by atoms with van der Waals surface area (Å²) < 4.78 is 5.40. The van der Waals surface area contributed by atoms with E-state index in [4.69, 9.17) is 4.74 Å². The molecule has 0 saturated carbocycles. The Balaban J connectivity index is 0.00000139. The lowest BCUT2D eigenvalue weighted by Crippen LogP contribution is -2.58. The molecule has 0 radical (unpaired) electrons. The molecule has 2 fully saturated rings. The van der Waals surface area contributed by atoms with Crippen molar-refractivity contribution in [3.05, 3.63) is 0 Å². The fraction of sp³-hybridized carbons (Fsp3) is 0.889. The van der Waals surface area contributed by atoms with Crippen LogP contribution in [-0.4, -0.2) is 64.4 Å². The Kier molecular flexibility index (Phi) is 7.50. The smallest absolute Gasteiger partial charge is 0.410 e. The minimum Gasteiger partial charge on any atom is -0.444 e. The van der Waals surface area contributed by atoms with E-state index in [-0.39, 0.29) is 12.2 Å². The number of ether oxygens (including phenoxy) is 1. The number of likely N-dealkylation sites (tertiary alicyclic amines) is 2. The van der Waals surface area contributed by atoms with Crippen LogP contribution in [0.5, 0.6) is 0 Å². The predicted molar refractivity (Wildman–Crippen MR) is 93.5 cm³/mol. The molecule has 2 aliphatic rings. The van der Waals surface area contributed by atoms with Crippen molar-refractivity contribution in [1.29, 1.82) is 5.26 Å². The van der Waals surface area contributed by atoms with Crippen LogP contribution >= 0.6 is 0 Å². The van der Waals surface area contributed by atoms with Gasteiger partial charge in [0, 0.05) is 26.2 Å². The van der Waals surface area contributed by atoms with E-state index in [0.29, 0.717) is 25.9 Å². The highest BCUT2D eigenvalue weighted by Gasteiger charge is 2.42. The van der Waals surface area contributed by atoms with E-state index in [0.717, 1.165) is 25.9 Å². The first-order valence-corrected chi connectivity index (χ1v) is 9.08. The van der Waals surface area contributed by atoms with Gasteiger partial charge in [-0.1, -0.05) is 13.8 Å². The van der Waals surface area contributed by atoms with Crippen molar-refractivity contribution in [1.82, 2.24) is 9.80 Å². The van der Waals surface area contributed by atoms with Crippen molar-refractivity contribution in [2.75, 3.05) is 26.2 Å². The fourth-order valence-electron chi connectivity index (χ4n) is 3.18. The minimum atomic E-state index is -0.501. The predicted octanol–water partition coefficient (Wildman–Crippen LogP) is 2.76. The largest absolute Gasteiger partial charge is 0.444 e. The molecule has 1 amide bonds. The highest BCUT2D eigenvalue weighted by atomic mass is 16.6. The van der Waals surface area contributed by atoms with Crippen LogP contribution in [0.4, 0.5) is 4.79 Å². The molecule has 0 spiro atoms. The lowest BCUT2D eigenvalue weighted by molar-refractivity contribution is -0.00819. The highest BCUT2D eigenvalue weighted by Crippen LogP contribution is 2.31. The van der Waals surface area contributed by atoms with Gasteiger partial charge in [-0.2, -0.15) is 5.26 Å². The Bertz CT molecular complexity index is 437. The molecule has 6 heteroatoms. The number of carbonyl (C=O) groups excluding carboxylic acids is 1. The average molecular weight is 339 g/mol. The molecule has 1 N–H and O–H groups in total. The second kappa shape index (κ2) is 8.68. The molecule has 2 saturated heterocycles. The molecule has 2 aliphatic heterocycles. The number of nitriles is 1.